The molecule has 1 rings (SSSR count). The van der Waals surface area contributed by atoms with Gasteiger partial charge in [-0.2, -0.15) is 0 Å². The first-order valence-electron chi connectivity index (χ1n) is 5.02. The fourth-order valence-electron chi connectivity index (χ4n) is 1.42. The molecule has 1 atom stereocenters. The van der Waals surface area contributed by atoms with Gasteiger partial charge in [0.05, 0.1) is 15.5 Å². The Labute approximate surface area is 110 Å². The summed E-state index contributed by atoms with van der Waals surface area (Å²) in [5, 5.41) is 20.1. The molecule has 2 N–H and O–H groups in total. The van der Waals surface area contributed by atoms with Crippen LogP contribution in [-0.2, 0) is 10.4 Å². The van der Waals surface area contributed by atoms with Crippen LogP contribution in [0.3, 0.4) is 0 Å². The molecule has 0 aliphatic rings. The van der Waals surface area contributed by atoms with Crippen LogP contribution in [0.5, 0.6) is 0 Å². The molecule has 0 aliphatic heterocycles. The van der Waals surface area contributed by atoms with Crippen LogP contribution in [0.2, 0.25) is 10.0 Å². The van der Waals surface area contributed by atoms with E-state index in [1.165, 1.54) is 20.8 Å². The molecule has 0 aromatic heterocycles. The molecular weight excluding hydrogens is 263 g/mol. The number of carboxylic acid groups (broad SMARTS) is 1. The van der Waals surface area contributed by atoms with Gasteiger partial charge in [0.1, 0.15) is 5.60 Å². The van der Waals surface area contributed by atoms with Gasteiger partial charge in [-0.25, -0.2) is 0 Å². The first-order valence-corrected chi connectivity index (χ1v) is 5.78. The van der Waals surface area contributed by atoms with Gasteiger partial charge < -0.3 is 10.2 Å². The zero-order chi connectivity index (χ0) is 13.4. The highest BCUT2D eigenvalue weighted by Crippen LogP contribution is 2.43. The Morgan fingerprint density at radius 3 is 2.24 bits per heavy atom. The van der Waals surface area contributed by atoms with Crippen molar-refractivity contribution < 1.29 is 15.0 Å². The number of hydrogen-bond acceptors (Lipinski definition) is 2. The SMILES string of the molecule is CC(C)(C(=O)O)C(C)(O)c1cccc(Cl)c1Cl. The van der Waals surface area contributed by atoms with E-state index < -0.39 is 17.0 Å². The summed E-state index contributed by atoms with van der Waals surface area (Å²) in [4.78, 5) is 11.2. The zero-order valence-corrected chi connectivity index (χ0v) is 11.3. The molecule has 3 nitrogen and oxygen atoms in total. The molecule has 0 spiro atoms. The molecule has 1 unspecified atom stereocenters. The number of aliphatic hydroxyl groups is 1. The van der Waals surface area contributed by atoms with Gasteiger partial charge in [0.25, 0.3) is 0 Å². The molecule has 0 aliphatic carbocycles. The number of carboxylic acids is 1. The first-order chi connectivity index (χ1) is 7.62. The molecule has 0 radical (unpaired) electrons. The molecule has 1 aromatic rings. The maximum Gasteiger partial charge on any atom is 0.312 e. The largest absolute Gasteiger partial charge is 0.481 e. The average molecular weight is 277 g/mol. The maximum absolute atomic E-state index is 11.2. The van der Waals surface area contributed by atoms with Crippen molar-refractivity contribution in [2.45, 2.75) is 26.4 Å². The second kappa shape index (κ2) is 4.48. The summed E-state index contributed by atoms with van der Waals surface area (Å²) in [5.41, 5.74) is -2.71. The second-order valence-electron chi connectivity index (χ2n) is 4.60. The van der Waals surface area contributed by atoms with E-state index in [1.807, 2.05) is 0 Å². The Morgan fingerprint density at radius 1 is 1.24 bits per heavy atom. The highest BCUT2D eigenvalue weighted by molar-refractivity contribution is 6.42. The number of rotatable bonds is 3. The Hall–Kier alpha value is -0.770. The fourth-order valence-corrected chi connectivity index (χ4v) is 1.91. The Balaban J connectivity index is 3.41. The van der Waals surface area contributed by atoms with Gasteiger partial charge in [0, 0.05) is 5.56 Å². The van der Waals surface area contributed by atoms with Crippen molar-refractivity contribution in [3.63, 3.8) is 0 Å². The molecule has 0 saturated heterocycles. The third-order valence-electron chi connectivity index (χ3n) is 3.23. The molecule has 0 heterocycles. The number of benzene rings is 1. The van der Waals surface area contributed by atoms with Crippen LogP contribution in [0.1, 0.15) is 26.3 Å². The predicted molar refractivity (Wildman–Crippen MR) is 67.4 cm³/mol. The summed E-state index contributed by atoms with van der Waals surface area (Å²) in [5.74, 6) is -1.11. The van der Waals surface area contributed by atoms with Gasteiger partial charge in [0.2, 0.25) is 0 Å². The molecule has 17 heavy (non-hydrogen) atoms. The van der Waals surface area contributed by atoms with Gasteiger partial charge in [-0.15, -0.1) is 0 Å². The molecule has 0 amide bonds. The third kappa shape index (κ3) is 2.28. The molecule has 0 fully saturated rings. The van der Waals surface area contributed by atoms with Crippen LogP contribution >= 0.6 is 23.2 Å². The van der Waals surface area contributed by atoms with Crippen LogP contribution in [-0.4, -0.2) is 16.2 Å². The summed E-state index contributed by atoms with van der Waals surface area (Å²) < 4.78 is 0. The summed E-state index contributed by atoms with van der Waals surface area (Å²) in [6.45, 7) is 4.29. The van der Waals surface area contributed by atoms with Crippen molar-refractivity contribution >= 4 is 29.2 Å². The maximum atomic E-state index is 11.2. The highest BCUT2D eigenvalue weighted by Gasteiger charge is 2.47. The quantitative estimate of drug-likeness (QED) is 0.891. The van der Waals surface area contributed by atoms with Crippen LogP contribution in [0, 0.1) is 5.41 Å². The molecule has 5 heteroatoms. The van der Waals surface area contributed by atoms with Crippen molar-refractivity contribution in [3.05, 3.63) is 33.8 Å². The third-order valence-corrected chi connectivity index (χ3v) is 4.05. The Bertz CT molecular complexity index is 453. The van der Waals surface area contributed by atoms with Crippen molar-refractivity contribution in [1.29, 1.82) is 0 Å². The Morgan fingerprint density at radius 2 is 1.76 bits per heavy atom. The normalized spacial score (nSPS) is 15.4. The topological polar surface area (TPSA) is 57.5 Å². The number of hydrogen-bond donors (Lipinski definition) is 2. The van der Waals surface area contributed by atoms with E-state index in [4.69, 9.17) is 28.3 Å². The van der Waals surface area contributed by atoms with E-state index in [1.54, 1.807) is 18.2 Å². The monoisotopic (exact) mass is 276 g/mol. The lowest BCUT2D eigenvalue weighted by atomic mass is 9.72. The minimum absolute atomic E-state index is 0.175. The fraction of sp³-hybridized carbons (Fsp3) is 0.417. The number of halogens is 2. The van der Waals surface area contributed by atoms with Crippen LogP contribution < -0.4 is 0 Å². The lowest BCUT2D eigenvalue weighted by Gasteiger charge is -2.37. The van der Waals surface area contributed by atoms with E-state index in [0.717, 1.165) is 0 Å². The van der Waals surface area contributed by atoms with E-state index in [0.29, 0.717) is 5.56 Å². The molecule has 0 saturated carbocycles. The Kier molecular flexibility index (Phi) is 3.77. The zero-order valence-electron chi connectivity index (χ0n) is 9.79. The standard InChI is InChI=1S/C12H14Cl2O3/c1-11(2,10(15)16)12(3,17)7-5-4-6-8(13)9(7)14/h4-6,17H,1-3H3,(H,15,16). The van der Waals surface area contributed by atoms with Gasteiger partial charge in [-0.3, -0.25) is 4.79 Å². The van der Waals surface area contributed by atoms with Crippen LogP contribution in [0.15, 0.2) is 18.2 Å². The summed E-state index contributed by atoms with van der Waals surface area (Å²) in [6, 6.07) is 4.77. The van der Waals surface area contributed by atoms with Crippen molar-refractivity contribution in [3.8, 4) is 0 Å². The highest BCUT2D eigenvalue weighted by atomic mass is 35.5. The summed E-state index contributed by atoms with van der Waals surface area (Å²) in [7, 11) is 0. The summed E-state index contributed by atoms with van der Waals surface area (Å²) in [6.07, 6.45) is 0. The number of carbonyl (C=O) groups is 1. The molecular formula is C12H14Cl2O3. The second-order valence-corrected chi connectivity index (χ2v) is 5.39. The van der Waals surface area contributed by atoms with Gasteiger partial charge >= 0.3 is 5.97 Å². The molecule has 0 bridgehead atoms. The van der Waals surface area contributed by atoms with E-state index in [9.17, 15) is 9.90 Å². The first kappa shape index (κ1) is 14.3. The predicted octanol–water partition coefficient (Wildman–Crippen LogP) is 3.31. The smallest absolute Gasteiger partial charge is 0.312 e. The van der Waals surface area contributed by atoms with Crippen LogP contribution in [0.4, 0.5) is 0 Å². The van der Waals surface area contributed by atoms with E-state index >= 15 is 0 Å². The van der Waals surface area contributed by atoms with Crippen molar-refractivity contribution in [2.24, 2.45) is 5.41 Å². The lowest BCUT2D eigenvalue weighted by Crippen LogP contribution is -2.45. The van der Waals surface area contributed by atoms with Crippen LogP contribution in [0.25, 0.3) is 0 Å². The van der Waals surface area contributed by atoms with Gasteiger partial charge in [-0.05, 0) is 26.8 Å². The minimum atomic E-state index is -1.62. The average Bonchev–Trinajstić information content (AvgIpc) is 2.21. The van der Waals surface area contributed by atoms with E-state index in [-0.39, 0.29) is 10.0 Å². The number of aliphatic carboxylic acids is 1. The molecule has 94 valence electrons. The summed E-state index contributed by atoms with van der Waals surface area (Å²) >= 11 is 11.9. The van der Waals surface area contributed by atoms with E-state index in [2.05, 4.69) is 0 Å². The molecule has 1 aromatic carbocycles. The van der Waals surface area contributed by atoms with Crippen molar-refractivity contribution in [2.75, 3.05) is 0 Å². The minimum Gasteiger partial charge on any atom is -0.481 e. The van der Waals surface area contributed by atoms with Crippen molar-refractivity contribution in [1.82, 2.24) is 0 Å². The van der Waals surface area contributed by atoms with Gasteiger partial charge in [0.15, 0.2) is 0 Å². The van der Waals surface area contributed by atoms with Gasteiger partial charge in [-0.1, -0.05) is 35.3 Å². The lowest BCUT2D eigenvalue weighted by molar-refractivity contribution is -0.164.